The number of carbonyl (C=O) groups excluding carboxylic acids is 1. The number of nitrogens with zero attached hydrogens (tertiary/aromatic N) is 2. The fourth-order valence-electron chi connectivity index (χ4n) is 3.56. The molecular weight excluding hydrogens is 417 g/mol. The quantitative estimate of drug-likeness (QED) is 0.476. The van der Waals surface area contributed by atoms with Gasteiger partial charge in [-0.3, -0.25) is 4.79 Å². The van der Waals surface area contributed by atoms with E-state index in [-0.39, 0.29) is 18.3 Å². The summed E-state index contributed by atoms with van der Waals surface area (Å²) in [5.74, 6) is -0.613. The van der Waals surface area contributed by atoms with Crippen LogP contribution >= 0.6 is 11.6 Å². The molecule has 5 nitrogen and oxygen atoms in total. The molecule has 2 N–H and O–H groups in total. The molecule has 1 amide bonds. The van der Waals surface area contributed by atoms with Gasteiger partial charge in [-0.2, -0.15) is 5.10 Å². The molecule has 0 radical (unpaired) electrons. The van der Waals surface area contributed by atoms with Gasteiger partial charge >= 0.3 is 0 Å². The third-order valence-electron chi connectivity index (χ3n) is 5.55. The number of rotatable bonds is 5. The lowest BCUT2D eigenvalue weighted by Crippen LogP contribution is -2.33. The lowest BCUT2D eigenvalue weighted by atomic mass is 10.1. The van der Waals surface area contributed by atoms with Crippen LogP contribution in [0, 0.1) is 5.82 Å². The van der Waals surface area contributed by atoms with Crippen LogP contribution in [0.5, 0.6) is 0 Å². The number of amides is 1. The van der Waals surface area contributed by atoms with Gasteiger partial charge < -0.3 is 10.4 Å². The molecule has 1 aliphatic carbocycles. The standard InChI is InChI=1S/C24H19ClFN3O2/c25-20-4-2-1-3-18(20)22-19-10-5-15(23(30)27-14-24(31)11-12-24)13-21(19)29(28-22)17-8-6-16(26)7-9-17/h1-10,13,31H,11-12,14H2,(H,27,30). The molecule has 1 saturated carbocycles. The van der Waals surface area contributed by atoms with Crippen molar-refractivity contribution in [1.29, 1.82) is 0 Å². The minimum atomic E-state index is -0.771. The zero-order valence-electron chi connectivity index (χ0n) is 16.5. The molecule has 1 fully saturated rings. The van der Waals surface area contributed by atoms with E-state index in [0.717, 1.165) is 10.9 Å². The molecule has 1 aliphatic rings. The number of carbonyl (C=O) groups is 1. The van der Waals surface area contributed by atoms with Crippen molar-refractivity contribution in [2.45, 2.75) is 18.4 Å². The predicted molar refractivity (Wildman–Crippen MR) is 118 cm³/mol. The van der Waals surface area contributed by atoms with Crippen LogP contribution in [0.15, 0.2) is 66.7 Å². The van der Waals surface area contributed by atoms with Crippen molar-refractivity contribution in [2.24, 2.45) is 0 Å². The molecule has 4 aromatic rings. The summed E-state index contributed by atoms with van der Waals surface area (Å²) >= 11 is 6.42. The summed E-state index contributed by atoms with van der Waals surface area (Å²) in [6.45, 7) is 0.228. The lowest BCUT2D eigenvalue weighted by molar-refractivity contribution is 0.0896. The number of aliphatic hydroxyl groups is 1. The summed E-state index contributed by atoms with van der Waals surface area (Å²) in [6.07, 6.45) is 1.40. The van der Waals surface area contributed by atoms with Gasteiger partial charge in [0.05, 0.1) is 21.8 Å². The zero-order chi connectivity index (χ0) is 21.6. The minimum Gasteiger partial charge on any atom is -0.388 e. The zero-order valence-corrected chi connectivity index (χ0v) is 17.2. The van der Waals surface area contributed by atoms with E-state index in [9.17, 15) is 14.3 Å². The van der Waals surface area contributed by atoms with Crippen LogP contribution in [0.2, 0.25) is 5.02 Å². The normalized spacial score (nSPS) is 14.5. The predicted octanol–water partition coefficient (Wildman–Crippen LogP) is 4.74. The Bertz CT molecular complexity index is 1300. The van der Waals surface area contributed by atoms with Crippen molar-refractivity contribution >= 4 is 28.4 Å². The van der Waals surface area contributed by atoms with Crippen LogP contribution in [0.4, 0.5) is 4.39 Å². The lowest BCUT2D eigenvalue weighted by Gasteiger charge is -2.10. The first-order valence-corrected chi connectivity index (χ1v) is 10.4. The van der Waals surface area contributed by atoms with E-state index < -0.39 is 5.60 Å². The molecular formula is C24H19ClFN3O2. The molecule has 0 unspecified atom stereocenters. The van der Waals surface area contributed by atoms with Crippen LogP contribution < -0.4 is 5.32 Å². The van der Waals surface area contributed by atoms with Crippen molar-refractivity contribution in [2.75, 3.05) is 6.54 Å². The van der Waals surface area contributed by atoms with Crippen LogP contribution in [0.1, 0.15) is 23.2 Å². The van der Waals surface area contributed by atoms with Gasteiger partial charge in [0, 0.05) is 23.1 Å². The Morgan fingerprint density at radius 1 is 1.13 bits per heavy atom. The summed E-state index contributed by atoms with van der Waals surface area (Å²) in [5.41, 5.74) is 2.47. The first kappa shape index (κ1) is 19.7. The van der Waals surface area contributed by atoms with Crippen LogP contribution in [0.3, 0.4) is 0 Å². The second kappa shape index (κ2) is 7.48. The Balaban J connectivity index is 1.63. The second-order valence-corrected chi connectivity index (χ2v) is 8.26. The number of hydrogen-bond acceptors (Lipinski definition) is 3. The van der Waals surface area contributed by atoms with Crippen molar-refractivity contribution in [3.8, 4) is 16.9 Å². The van der Waals surface area contributed by atoms with E-state index >= 15 is 0 Å². The third kappa shape index (κ3) is 3.80. The monoisotopic (exact) mass is 435 g/mol. The van der Waals surface area contributed by atoms with E-state index in [1.165, 1.54) is 12.1 Å². The number of fused-ring (bicyclic) bond motifs is 1. The Morgan fingerprint density at radius 3 is 2.58 bits per heavy atom. The van der Waals surface area contributed by atoms with E-state index in [2.05, 4.69) is 5.32 Å². The first-order valence-electron chi connectivity index (χ1n) is 9.98. The molecule has 0 atom stereocenters. The van der Waals surface area contributed by atoms with E-state index in [1.807, 2.05) is 24.3 Å². The maximum atomic E-state index is 13.5. The number of benzene rings is 3. The van der Waals surface area contributed by atoms with Gasteiger partial charge in [0.15, 0.2) is 0 Å². The smallest absolute Gasteiger partial charge is 0.251 e. The molecule has 0 aliphatic heterocycles. The third-order valence-corrected chi connectivity index (χ3v) is 5.88. The molecule has 0 bridgehead atoms. The van der Waals surface area contributed by atoms with Gasteiger partial charge in [-0.25, -0.2) is 9.07 Å². The maximum Gasteiger partial charge on any atom is 0.251 e. The van der Waals surface area contributed by atoms with E-state index in [1.54, 1.807) is 35.0 Å². The van der Waals surface area contributed by atoms with Crippen molar-refractivity contribution in [3.05, 3.63) is 83.1 Å². The highest BCUT2D eigenvalue weighted by Gasteiger charge is 2.40. The van der Waals surface area contributed by atoms with Crippen molar-refractivity contribution in [3.63, 3.8) is 0 Å². The fourth-order valence-corrected chi connectivity index (χ4v) is 3.78. The van der Waals surface area contributed by atoms with Crippen molar-refractivity contribution < 1.29 is 14.3 Å². The molecule has 1 aromatic heterocycles. The number of hydrogen-bond donors (Lipinski definition) is 2. The van der Waals surface area contributed by atoms with Crippen LogP contribution in [-0.2, 0) is 0 Å². The van der Waals surface area contributed by atoms with Gasteiger partial charge in [0.2, 0.25) is 0 Å². The average molecular weight is 436 g/mol. The highest BCUT2D eigenvalue weighted by atomic mass is 35.5. The van der Waals surface area contributed by atoms with Crippen LogP contribution in [0.25, 0.3) is 27.8 Å². The topological polar surface area (TPSA) is 67.2 Å². The Morgan fingerprint density at radius 2 is 1.87 bits per heavy atom. The minimum absolute atomic E-state index is 0.228. The molecule has 0 saturated heterocycles. The molecule has 5 rings (SSSR count). The molecule has 7 heteroatoms. The summed E-state index contributed by atoms with van der Waals surface area (Å²) in [4.78, 5) is 12.7. The first-order chi connectivity index (χ1) is 14.9. The van der Waals surface area contributed by atoms with Crippen molar-refractivity contribution in [1.82, 2.24) is 15.1 Å². The maximum absolute atomic E-state index is 13.5. The van der Waals surface area contributed by atoms with Crippen LogP contribution in [-0.4, -0.2) is 32.9 Å². The molecule has 3 aromatic carbocycles. The van der Waals surface area contributed by atoms with Gasteiger partial charge in [-0.05, 0) is 61.4 Å². The summed E-state index contributed by atoms with van der Waals surface area (Å²) in [5, 5.41) is 18.9. The van der Waals surface area contributed by atoms with Gasteiger partial charge in [-0.15, -0.1) is 0 Å². The van der Waals surface area contributed by atoms with Gasteiger partial charge in [0.25, 0.3) is 5.91 Å². The number of halogens is 2. The summed E-state index contributed by atoms with van der Waals surface area (Å²) < 4.78 is 15.2. The summed E-state index contributed by atoms with van der Waals surface area (Å²) in [6, 6.07) is 18.7. The second-order valence-electron chi connectivity index (χ2n) is 7.86. The molecule has 1 heterocycles. The number of aromatic nitrogens is 2. The fraction of sp³-hybridized carbons (Fsp3) is 0.167. The summed E-state index contributed by atoms with van der Waals surface area (Å²) in [7, 11) is 0. The SMILES string of the molecule is O=C(NCC1(O)CC1)c1ccc2c(-c3ccccc3Cl)nn(-c3ccc(F)cc3)c2c1. The average Bonchev–Trinajstić information content (AvgIpc) is 3.40. The largest absolute Gasteiger partial charge is 0.388 e. The van der Waals surface area contributed by atoms with Gasteiger partial charge in [-0.1, -0.05) is 29.8 Å². The Labute approximate surface area is 183 Å². The Hall–Kier alpha value is -3.22. The highest BCUT2D eigenvalue weighted by Crippen LogP contribution is 2.35. The number of nitrogens with one attached hydrogen (secondary N) is 1. The molecule has 0 spiro atoms. The Kier molecular flexibility index (Phi) is 4.76. The molecule has 31 heavy (non-hydrogen) atoms. The van der Waals surface area contributed by atoms with E-state index in [0.29, 0.717) is 40.3 Å². The highest BCUT2D eigenvalue weighted by molar-refractivity contribution is 6.33. The van der Waals surface area contributed by atoms with E-state index in [4.69, 9.17) is 16.7 Å². The van der Waals surface area contributed by atoms with Gasteiger partial charge in [0.1, 0.15) is 11.5 Å². The molecule has 156 valence electrons.